The van der Waals surface area contributed by atoms with E-state index in [0.717, 1.165) is 28.0 Å². The quantitative estimate of drug-likeness (QED) is 0.906. The second-order valence-corrected chi connectivity index (χ2v) is 4.68. The summed E-state index contributed by atoms with van der Waals surface area (Å²) >= 11 is 9.45. The molecule has 0 saturated carbocycles. The highest BCUT2D eigenvalue weighted by Crippen LogP contribution is 2.30. The fourth-order valence-corrected chi connectivity index (χ4v) is 1.96. The maximum absolute atomic E-state index is 6.00. The topological polar surface area (TPSA) is 40.7 Å². The number of H-pyrrole nitrogens is 1. The fraction of sp³-hybridized carbons (Fsp3) is 0.182. The van der Waals surface area contributed by atoms with Gasteiger partial charge in [-0.05, 0) is 35.0 Å². The Morgan fingerprint density at radius 3 is 3.00 bits per heavy atom. The lowest BCUT2D eigenvalue weighted by atomic mass is 10.2. The molecule has 16 heavy (non-hydrogen) atoms. The third-order valence-electron chi connectivity index (χ3n) is 2.36. The van der Waals surface area contributed by atoms with Crippen molar-refractivity contribution >= 4 is 33.2 Å². The zero-order chi connectivity index (χ0) is 11.5. The van der Waals surface area contributed by atoms with Crippen LogP contribution in [0.4, 0.5) is 5.69 Å². The first kappa shape index (κ1) is 11.5. The SMILES string of the molecule is Cc1[nH]ncc1CNc1cccc(Cl)c1Br. The third-order valence-corrected chi connectivity index (χ3v) is 3.75. The molecule has 2 N–H and O–H groups in total. The van der Waals surface area contributed by atoms with Crippen LogP contribution in [0.3, 0.4) is 0 Å². The lowest BCUT2D eigenvalue weighted by Gasteiger charge is -2.08. The maximum Gasteiger partial charge on any atom is 0.0593 e. The number of anilines is 1. The van der Waals surface area contributed by atoms with Gasteiger partial charge in [0.2, 0.25) is 0 Å². The Labute approximate surface area is 107 Å². The number of aromatic amines is 1. The van der Waals surface area contributed by atoms with Crippen LogP contribution in [0.25, 0.3) is 0 Å². The van der Waals surface area contributed by atoms with Crippen LogP contribution in [-0.2, 0) is 6.54 Å². The average molecular weight is 301 g/mol. The van der Waals surface area contributed by atoms with E-state index in [-0.39, 0.29) is 0 Å². The highest BCUT2D eigenvalue weighted by molar-refractivity contribution is 9.10. The molecular formula is C11H11BrClN3. The van der Waals surface area contributed by atoms with Gasteiger partial charge < -0.3 is 5.32 Å². The standard InChI is InChI=1S/C11H11BrClN3/c1-7-8(6-15-16-7)5-14-10-4-2-3-9(13)11(10)12/h2-4,6,14H,5H2,1H3,(H,15,16). The van der Waals surface area contributed by atoms with Crippen molar-refractivity contribution in [3.8, 4) is 0 Å². The van der Waals surface area contributed by atoms with E-state index < -0.39 is 0 Å². The van der Waals surface area contributed by atoms with Crippen LogP contribution in [0.1, 0.15) is 11.3 Å². The average Bonchev–Trinajstić information content (AvgIpc) is 2.67. The van der Waals surface area contributed by atoms with Gasteiger partial charge >= 0.3 is 0 Å². The molecule has 0 amide bonds. The van der Waals surface area contributed by atoms with E-state index >= 15 is 0 Å². The first-order valence-electron chi connectivity index (χ1n) is 4.85. The molecule has 0 aliphatic rings. The van der Waals surface area contributed by atoms with Crippen molar-refractivity contribution in [1.82, 2.24) is 10.2 Å². The van der Waals surface area contributed by atoms with E-state index in [1.54, 1.807) is 0 Å². The Bertz CT molecular complexity index is 496. The summed E-state index contributed by atoms with van der Waals surface area (Å²) in [5.41, 5.74) is 3.20. The van der Waals surface area contributed by atoms with Crippen molar-refractivity contribution in [2.45, 2.75) is 13.5 Å². The van der Waals surface area contributed by atoms with Gasteiger partial charge in [0.1, 0.15) is 0 Å². The predicted molar refractivity (Wildman–Crippen MR) is 69.8 cm³/mol. The number of benzene rings is 1. The molecule has 1 aromatic carbocycles. The van der Waals surface area contributed by atoms with Crippen molar-refractivity contribution in [2.24, 2.45) is 0 Å². The summed E-state index contributed by atoms with van der Waals surface area (Å²) in [5.74, 6) is 0. The normalized spacial score (nSPS) is 10.4. The summed E-state index contributed by atoms with van der Waals surface area (Å²) in [5, 5.41) is 10.9. The largest absolute Gasteiger partial charge is 0.380 e. The highest BCUT2D eigenvalue weighted by Gasteiger charge is 2.04. The second kappa shape index (κ2) is 4.89. The number of hydrogen-bond donors (Lipinski definition) is 2. The summed E-state index contributed by atoms with van der Waals surface area (Å²) < 4.78 is 0.887. The lowest BCUT2D eigenvalue weighted by Crippen LogP contribution is -2.00. The molecule has 0 fully saturated rings. The Morgan fingerprint density at radius 2 is 2.31 bits per heavy atom. The Balaban J connectivity index is 2.11. The van der Waals surface area contributed by atoms with Crippen molar-refractivity contribution < 1.29 is 0 Å². The number of aromatic nitrogens is 2. The molecule has 0 aliphatic heterocycles. The first-order valence-corrected chi connectivity index (χ1v) is 6.02. The van der Waals surface area contributed by atoms with E-state index in [2.05, 4.69) is 31.4 Å². The highest BCUT2D eigenvalue weighted by atomic mass is 79.9. The van der Waals surface area contributed by atoms with Crippen LogP contribution in [-0.4, -0.2) is 10.2 Å². The van der Waals surface area contributed by atoms with Crippen LogP contribution >= 0.6 is 27.5 Å². The van der Waals surface area contributed by atoms with Crippen molar-refractivity contribution in [3.05, 3.63) is 45.1 Å². The van der Waals surface area contributed by atoms with Gasteiger partial charge in [0, 0.05) is 17.8 Å². The van der Waals surface area contributed by atoms with Crippen LogP contribution in [0.5, 0.6) is 0 Å². The number of nitrogens with one attached hydrogen (secondary N) is 2. The van der Waals surface area contributed by atoms with Gasteiger partial charge in [-0.25, -0.2) is 0 Å². The molecule has 0 bridgehead atoms. The number of aryl methyl sites for hydroxylation is 1. The summed E-state index contributed by atoms with van der Waals surface area (Å²) in [6.45, 7) is 2.72. The monoisotopic (exact) mass is 299 g/mol. The van der Waals surface area contributed by atoms with Crippen LogP contribution in [0, 0.1) is 6.92 Å². The molecule has 0 atom stereocenters. The van der Waals surface area contributed by atoms with Gasteiger partial charge in [0.25, 0.3) is 0 Å². The van der Waals surface area contributed by atoms with E-state index in [9.17, 15) is 0 Å². The van der Waals surface area contributed by atoms with Crippen LogP contribution < -0.4 is 5.32 Å². The molecule has 0 unspecified atom stereocenters. The summed E-state index contributed by atoms with van der Waals surface area (Å²) in [6, 6.07) is 5.74. The van der Waals surface area contributed by atoms with E-state index in [1.165, 1.54) is 0 Å². The number of nitrogens with zero attached hydrogens (tertiary/aromatic N) is 1. The van der Waals surface area contributed by atoms with E-state index in [1.807, 2.05) is 31.3 Å². The Kier molecular flexibility index (Phi) is 3.51. The summed E-state index contributed by atoms with van der Waals surface area (Å²) in [7, 11) is 0. The zero-order valence-electron chi connectivity index (χ0n) is 8.72. The zero-order valence-corrected chi connectivity index (χ0v) is 11.1. The molecule has 5 heteroatoms. The van der Waals surface area contributed by atoms with Crippen molar-refractivity contribution in [2.75, 3.05) is 5.32 Å². The second-order valence-electron chi connectivity index (χ2n) is 3.48. The Morgan fingerprint density at radius 1 is 1.50 bits per heavy atom. The molecule has 1 heterocycles. The molecule has 2 rings (SSSR count). The molecule has 3 nitrogen and oxygen atoms in total. The maximum atomic E-state index is 6.00. The lowest BCUT2D eigenvalue weighted by molar-refractivity contribution is 1.04. The molecule has 1 aromatic heterocycles. The number of hydrogen-bond acceptors (Lipinski definition) is 2. The van der Waals surface area contributed by atoms with Crippen molar-refractivity contribution in [1.29, 1.82) is 0 Å². The van der Waals surface area contributed by atoms with Crippen molar-refractivity contribution in [3.63, 3.8) is 0 Å². The smallest absolute Gasteiger partial charge is 0.0593 e. The molecule has 0 saturated heterocycles. The van der Waals surface area contributed by atoms with E-state index in [4.69, 9.17) is 11.6 Å². The van der Waals surface area contributed by atoms with Gasteiger partial charge in [-0.2, -0.15) is 5.10 Å². The van der Waals surface area contributed by atoms with Gasteiger partial charge in [0.15, 0.2) is 0 Å². The predicted octanol–water partition coefficient (Wildman–Crippen LogP) is 3.75. The van der Waals surface area contributed by atoms with Gasteiger partial charge in [0.05, 0.1) is 21.4 Å². The number of rotatable bonds is 3. The molecule has 0 spiro atoms. The Hall–Kier alpha value is -1.000. The van der Waals surface area contributed by atoms with Crippen LogP contribution in [0.15, 0.2) is 28.9 Å². The fourth-order valence-electron chi connectivity index (χ4n) is 1.38. The van der Waals surface area contributed by atoms with Gasteiger partial charge in [-0.1, -0.05) is 17.7 Å². The van der Waals surface area contributed by atoms with Crippen LogP contribution in [0.2, 0.25) is 5.02 Å². The van der Waals surface area contributed by atoms with E-state index in [0.29, 0.717) is 5.02 Å². The molecule has 2 aromatic rings. The first-order chi connectivity index (χ1) is 7.68. The molecular weight excluding hydrogens is 289 g/mol. The molecule has 84 valence electrons. The number of halogens is 2. The minimum absolute atomic E-state index is 0.703. The third kappa shape index (κ3) is 2.39. The molecule has 0 radical (unpaired) electrons. The molecule has 0 aliphatic carbocycles. The summed E-state index contributed by atoms with van der Waals surface area (Å²) in [6.07, 6.45) is 1.82. The summed E-state index contributed by atoms with van der Waals surface area (Å²) in [4.78, 5) is 0. The minimum Gasteiger partial charge on any atom is -0.380 e. The minimum atomic E-state index is 0.703. The van der Waals surface area contributed by atoms with Gasteiger partial charge in [-0.15, -0.1) is 0 Å². The van der Waals surface area contributed by atoms with Gasteiger partial charge in [-0.3, -0.25) is 5.10 Å².